The highest BCUT2D eigenvalue weighted by Gasteiger charge is 2.12. The van der Waals surface area contributed by atoms with E-state index in [1.807, 2.05) is 37.3 Å². The van der Waals surface area contributed by atoms with Gasteiger partial charge in [-0.15, -0.1) is 0 Å². The Balaban J connectivity index is 2.44. The Hall–Kier alpha value is -1.39. The Morgan fingerprint density at radius 2 is 2.00 bits per heavy atom. The Morgan fingerprint density at radius 1 is 1.32 bits per heavy atom. The summed E-state index contributed by atoms with van der Waals surface area (Å²) >= 11 is 0. The van der Waals surface area contributed by atoms with Gasteiger partial charge in [0.25, 0.3) is 0 Å². The first kappa shape index (κ1) is 15.7. The molecule has 1 rings (SSSR count). The standard InChI is InChI=1S/C15H24N2O2/c1-12(16)7-8-15(19)17-11-14(9-10-18)13-5-3-2-4-6-13/h2-6,12,14,18H,7-11,16H2,1H3,(H,17,19). The van der Waals surface area contributed by atoms with Gasteiger partial charge in [-0.3, -0.25) is 4.79 Å². The zero-order valence-electron chi connectivity index (χ0n) is 11.5. The maximum Gasteiger partial charge on any atom is 0.220 e. The summed E-state index contributed by atoms with van der Waals surface area (Å²) in [6.07, 6.45) is 1.80. The van der Waals surface area contributed by atoms with Crippen LogP contribution < -0.4 is 11.1 Å². The predicted octanol–water partition coefficient (Wildman–Crippen LogP) is 1.40. The molecular formula is C15H24N2O2. The second-order valence-electron chi connectivity index (χ2n) is 4.94. The minimum atomic E-state index is 0.0242. The summed E-state index contributed by atoms with van der Waals surface area (Å²) in [7, 11) is 0. The lowest BCUT2D eigenvalue weighted by molar-refractivity contribution is -0.121. The van der Waals surface area contributed by atoms with Crippen LogP contribution in [0.4, 0.5) is 0 Å². The van der Waals surface area contributed by atoms with Crippen molar-refractivity contribution in [2.24, 2.45) is 5.73 Å². The van der Waals surface area contributed by atoms with E-state index in [0.717, 1.165) is 5.56 Å². The van der Waals surface area contributed by atoms with Gasteiger partial charge in [-0.2, -0.15) is 0 Å². The highest BCUT2D eigenvalue weighted by atomic mass is 16.3. The molecule has 4 nitrogen and oxygen atoms in total. The number of aliphatic hydroxyl groups is 1. The molecule has 4 N–H and O–H groups in total. The quantitative estimate of drug-likeness (QED) is 0.664. The number of nitrogens with two attached hydrogens (primary N) is 1. The van der Waals surface area contributed by atoms with E-state index in [2.05, 4.69) is 5.32 Å². The van der Waals surface area contributed by atoms with Crippen LogP contribution in [-0.2, 0) is 4.79 Å². The molecule has 0 aliphatic carbocycles. The molecule has 19 heavy (non-hydrogen) atoms. The number of hydrogen-bond donors (Lipinski definition) is 3. The predicted molar refractivity (Wildman–Crippen MR) is 76.8 cm³/mol. The normalized spacial score (nSPS) is 13.8. The summed E-state index contributed by atoms with van der Waals surface area (Å²) in [6, 6.07) is 9.99. The molecule has 0 aliphatic heterocycles. The van der Waals surface area contributed by atoms with E-state index in [-0.39, 0.29) is 24.5 Å². The number of carbonyl (C=O) groups excluding carboxylic acids is 1. The third-order valence-electron chi connectivity index (χ3n) is 3.12. The number of benzene rings is 1. The Bertz CT molecular complexity index is 366. The van der Waals surface area contributed by atoms with Gasteiger partial charge in [-0.1, -0.05) is 30.3 Å². The molecule has 1 amide bonds. The maximum atomic E-state index is 11.7. The Labute approximate surface area is 115 Å². The van der Waals surface area contributed by atoms with E-state index in [4.69, 9.17) is 10.8 Å². The van der Waals surface area contributed by atoms with Crippen LogP contribution in [0.25, 0.3) is 0 Å². The number of rotatable bonds is 8. The molecule has 1 aromatic rings. The first-order valence-corrected chi connectivity index (χ1v) is 6.81. The Morgan fingerprint density at radius 3 is 2.58 bits per heavy atom. The van der Waals surface area contributed by atoms with Crippen LogP contribution in [0.5, 0.6) is 0 Å². The van der Waals surface area contributed by atoms with Gasteiger partial charge in [0.05, 0.1) is 0 Å². The van der Waals surface area contributed by atoms with Crippen molar-refractivity contribution in [3.63, 3.8) is 0 Å². The summed E-state index contributed by atoms with van der Waals surface area (Å²) in [4.78, 5) is 11.7. The van der Waals surface area contributed by atoms with Crippen molar-refractivity contribution in [3.8, 4) is 0 Å². The smallest absolute Gasteiger partial charge is 0.220 e. The van der Waals surface area contributed by atoms with Crippen LogP contribution in [0, 0.1) is 0 Å². The van der Waals surface area contributed by atoms with Crippen LogP contribution in [-0.4, -0.2) is 30.2 Å². The molecule has 0 aliphatic rings. The van der Waals surface area contributed by atoms with Crippen LogP contribution >= 0.6 is 0 Å². The second kappa shape index (κ2) is 8.67. The van der Waals surface area contributed by atoms with Gasteiger partial charge in [0.15, 0.2) is 0 Å². The number of hydrogen-bond acceptors (Lipinski definition) is 3. The molecule has 0 spiro atoms. The average molecular weight is 264 g/mol. The number of aliphatic hydroxyl groups excluding tert-OH is 1. The summed E-state index contributed by atoms with van der Waals surface area (Å²) in [5, 5.41) is 12.0. The van der Waals surface area contributed by atoms with Crippen LogP contribution in [0.3, 0.4) is 0 Å². The first-order chi connectivity index (χ1) is 9.13. The summed E-state index contributed by atoms with van der Waals surface area (Å²) in [5.74, 6) is 0.182. The molecule has 0 saturated heterocycles. The van der Waals surface area contributed by atoms with Crippen LogP contribution in [0.2, 0.25) is 0 Å². The minimum Gasteiger partial charge on any atom is -0.396 e. The number of amides is 1. The summed E-state index contributed by atoms with van der Waals surface area (Å²) in [6.45, 7) is 2.57. The van der Waals surface area contributed by atoms with Gasteiger partial charge in [-0.05, 0) is 25.3 Å². The minimum absolute atomic E-state index is 0.0242. The molecule has 0 heterocycles. The van der Waals surface area contributed by atoms with Crippen LogP contribution in [0.1, 0.15) is 37.7 Å². The molecule has 0 fully saturated rings. The molecule has 2 unspecified atom stereocenters. The fraction of sp³-hybridized carbons (Fsp3) is 0.533. The van der Waals surface area contributed by atoms with Gasteiger partial charge in [0, 0.05) is 31.5 Å². The van der Waals surface area contributed by atoms with Crippen molar-refractivity contribution in [3.05, 3.63) is 35.9 Å². The van der Waals surface area contributed by atoms with Crippen molar-refractivity contribution in [1.82, 2.24) is 5.32 Å². The molecule has 0 saturated carbocycles. The lowest BCUT2D eigenvalue weighted by atomic mass is 9.96. The molecule has 0 aromatic heterocycles. The molecular weight excluding hydrogens is 240 g/mol. The van der Waals surface area contributed by atoms with Crippen LogP contribution in [0.15, 0.2) is 30.3 Å². The largest absolute Gasteiger partial charge is 0.396 e. The van der Waals surface area contributed by atoms with Gasteiger partial charge >= 0.3 is 0 Å². The molecule has 4 heteroatoms. The molecule has 0 bridgehead atoms. The van der Waals surface area contributed by atoms with E-state index >= 15 is 0 Å². The summed E-state index contributed by atoms with van der Waals surface area (Å²) < 4.78 is 0. The van der Waals surface area contributed by atoms with Crippen molar-refractivity contribution in [1.29, 1.82) is 0 Å². The number of nitrogens with one attached hydrogen (secondary N) is 1. The zero-order chi connectivity index (χ0) is 14.1. The van der Waals surface area contributed by atoms with E-state index in [1.54, 1.807) is 0 Å². The lowest BCUT2D eigenvalue weighted by Gasteiger charge is -2.17. The fourth-order valence-electron chi connectivity index (χ4n) is 1.95. The van der Waals surface area contributed by atoms with Crippen molar-refractivity contribution in [2.75, 3.05) is 13.2 Å². The maximum absolute atomic E-state index is 11.7. The topological polar surface area (TPSA) is 75.4 Å². The fourth-order valence-corrected chi connectivity index (χ4v) is 1.95. The highest BCUT2D eigenvalue weighted by Crippen LogP contribution is 2.18. The summed E-state index contributed by atoms with van der Waals surface area (Å²) in [5.41, 5.74) is 6.76. The third-order valence-corrected chi connectivity index (χ3v) is 3.12. The lowest BCUT2D eigenvalue weighted by Crippen LogP contribution is -2.30. The van der Waals surface area contributed by atoms with Gasteiger partial charge in [0.2, 0.25) is 5.91 Å². The molecule has 1 aromatic carbocycles. The van der Waals surface area contributed by atoms with Gasteiger partial charge in [0.1, 0.15) is 0 Å². The van der Waals surface area contributed by atoms with Crippen molar-refractivity contribution < 1.29 is 9.90 Å². The van der Waals surface area contributed by atoms with E-state index in [9.17, 15) is 4.79 Å². The van der Waals surface area contributed by atoms with E-state index in [0.29, 0.717) is 25.8 Å². The molecule has 0 radical (unpaired) electrons. The van der Waals surface area contributed by atoms with Gasteiger partial charge in [-0.25, -0.2) is 0 Å². The molecule has 2 atom stereocenters. The zero-order valence-corrected chi connectivity index (χ0v) is 11.5. The number of carbonyl (C=O) groups is 1. The van der Waals surface area contributed by atoms with E-state index < -0.39 is 0 Å². The third kappa shape index (κ3) is 6.36. The van der Waals surface area contributed by atoms with Crippen molar-refractivity contribution >= 4 is 5.91 Å². The SMILES string of the molecule is CC(N)CCC(=O)NCC(CCO)c1ccccc1. The first-order valence-electron chi connectivity index (χ1n) is 6.81. The van der Waals surface area contributed by atoms with Gasteiger partial charge < -0.3 is 16.2 Å². The van der Waals surface area contributed by atoms with E-state index in [1.165, 1.54) is 0 Å². The van der Waals surface area contributed by atoms with Crippen molar-refractivity contribution in [2.45, 2.75) is 38.1 Å². The average Bonchev–Trinajstić information content (AvgIpc) is 2.42. The molecule has 106 valence electrons. The Kier molecular flexibility index (Phi) is 7.15. The second-order valence-corrected chi connectivity index (χ2v) is 4.94. The monoisotopic (exact) mass is 264 g/mol. The highest BCUT2D eigenvalue weighted by molar-refractivity contribution is 5.75.